The van der Waals surface area contributed by atoms with Gasteiger partial charge in [0.1, 0.15) is 10.6 Å². The lowest BCUT2D eigenvalue weighted by atomic mass is 9.88. The van der Waals surface area contributed by atoms with E-state index in [2.05, 4.69) is 10.3 Å². The van der Waals surface area contributed by atoms with Gasteiger partial charge in [-0.2, -0.15) is 0 Å². The summed E-state index contributed by atoms with van der Waals surface area (Å²) in [5.41, 5.74) is 1.46. The van der Waals surface area contributed by atoms with Gasteiger partial charge in [0, 0.05) is 26.1 Å². The van der Waals surface area contributed by atoms with Crippen molar-refractivity contribution in [1.82, 2.24) is 9.88 Å². The number of benzene rings is 1. The number of ether oxygens (including phenoxy) is 1. The van der Waals surface area contributed by atoms with E-state index < -0.39 is 11.9 Å². The van der Waals surface area contributed by atoms with Crippen LogP contribution in [0.25, 0.3) is 0 Å². The van der Waals surface area contributed by atoms with E-state index in [1.807, 2.05) is 24.3 Å². The van der Waals surface area contributed by atoms with E-state index in [4.69, 9.17) is 4.74 Å². The van der Waals surface area contributed by atoms with Gasteiger partial charge in [0.25, 0.3) is 5.91 Å². The Balaban J connectivity index is 1.91. The minimum atomic E-state index is -0.909. The summed E-state index contributed by atoms with van der Waals surface area (Å²) in [6.45, 7) is 2.29. The van der Waals surface area contributed by atoms with Crippen molar-refractivity contribution in [2.45, 2.75) is 12.8 Å². The summed E-state index contributed by atoms with van der Waals surface area (Å²) in [4.78, 5) is 31.2. The average Bonchev–Trinajstić information content (AvgIpc) is 3.25. The number of carboxylic acid groups (broad SMARTS) is 1. The van der Waals surface area contributed by atoms with Crippen LogP contribution in [0, 0.1) is 12.8 Å². The second-order valence-corrected chi connectivity index (χ2v) is 7.19. The molecular formula is C18H21N3O4S. The summed E-state index contributed by atoms with van der Waals surface area (Å²) < 4.78 is 5.39. The van der Waals surface area contributed by atoms with Crippen LogP contribution in [0.3, 0.4) is 0 Å². The molecule has 0 aliphatic carbocycles. The van der Waals surface area contributed by atoms with Crippen LogP contribution in [0.5, 0.6) is 5.75 Å². The number of carbonyl (C=O) groups excluding carboxylic acids is 1. The molecule has 7 nitrogen and oxygen atoms in total. The smallest absolute Gasteiger partial charge is 0.308 e. The van der Waals surface area contributed by atoms with Crippen molar-refractivity contribution in [3.63, 3.8) is 0 Å². The van der Waals surface area contributed by atoms with Crippen LogP contribution >= 0.6 is 11.3 Å². The van der Waals surface area contributed by atoms with Crippen LogP contribution < -0.4 is 10.1 Å². The zero-order valence-corrected chi connectivity index (χ0v) is 15.7. The van der Waals surface area contributed by atoms with E-state index in [1.54, 1.807) is 26.0 Å². The van der Waals surface area contributed by atoms with E-state index in [1.165, 1.54) is 11.3 Å². The van der Waals surface area contributed by atoms with Gasteiger partial charge in [-0.1, -0.05) is 29.5 Å². The van der Waals surface area contributed by atoms with Crippen LogP contribution in [-0.2, 0) is 4.79 Å². The molecule has 2 heterocycles. The molecule has 3 rings (SSSR count). The predicted molar refractivity (Wildman–Crippen MR) is 99.2 cm³/mol. The van der Waals surface area contributed by atoms with Gasteiger partial charge in [-0.3, -0.25) is 9.59 Å². The van der Waals surface area contributed by atoms with Gasteiger partial charge < -0.3 is 20.1 Å². The van der Waals surface area contributed by atoms with Gasteiger partial charge in [0.2, 0.25) is 0 Å². The zero-order chi connectivity index (χ0) is 18.8. The number of methoxy groups -OCH3 is 1. The predicted octanol–water partition coefficient (Wildman–Crippen LogP) is 2.44. The van der Waals surface area contributed by atoms with Crippen molar-refractivity contribution in [1.29, 1.82) is 0 Å². The van der Waals surface area contributed by atoms with Crippen molar-refractivity contribution in [3.05, 3.63) is 40.4 Å². The number of amides is 1. The van der Waals surface area contributed by atoms with Crippen LogP contribution in [-0.4, -0.2) is 54.1 Å². The first-order chi connectivity index (χ1) is 12.5. The molecule has 1 aromatic heterocycles. The third-order valence-corrected chi connectivity index (χ3v) is 5.83. The van der Waals surface area contributed by atoms with E-state index in [9.17, 15) is 14.7 Å². The Morgan fingerprint density at radius 1 is 1.35 bits per heavy atom. The highest BCUT2D eigenvalue weighted by Gasteiger charge is 2.42. The summed E-state index contributed by atoms with van der Waals surface area (Å²) in [5, 5.41) is 13.3. The number of anilines is 1. The Morgan fingerprint density at radius 3 is 2.69 bits per heavy atom. The number of hydrogen-bond acceptors (Lipinski definition) is 6. The highest BCUT2D eigenvalue weighted by molar-refractivity contribution is 7.17. The van der Waals surface area contributed by atoms with Crippen molar-refractivity contribution in [3.8, 4) is 5.75 Å². The number of carbonyl (C=O) groups is 2. The van der Waals surface area contributed by atoms with Crippen molar-refractivity contribution >= 4 is 28.3 Å². The van der Waals surface area contributed by atoms with Gasteiger partial charge in [0.05, 0.1) is 18.7 Å². The monoisotopic (exact) mass is 375 g/mol. The average molecular weight is 375 g/mol. The van der Waals surface area contributed by atoms with Crippen molar-refractivity contribution in [2.75, 3.05) is 32.6 Å². The van der Waals surface area contributed by atoms with Crippen molar-refractivity contribution < 1.29 is 19.4 Å². The molecule has 2 N–H and O–H groups in total. The van der Waals surface area contributed by atoms with E-state index in [-0.39, 0.29) is 18.4 Å². The molecule has 1 amide bonds. The molecule has 8 heteroatoms. The second kappa shape index (κ2) is 7.33. The van der Waals surface area contributed by atoms with Gasteiger partial charge in [-0.15, -0.1) is 0 Å². The quantitative estimate of drug-likeness (QED) is 0.834. The van der Waals surface area contributed by atoms with Crippen molar-refractivity contribution in [2.24, 2.45) is 5.92 Å². The Morgan fingerprint density at radius 2 is 2.08 bits per heavy atom. The molecule has 1 aliphatic rings. The standard InChI is InChI=1S/C18H21N3O4S/c1-10-15(26-18(19-2)20-10)16(22)21-8-12(13(9-21)17(23)24)11-6-4-5-7-14(11)25-3/h4-7,12-13H,8-9H2,1-3H3,(H,19,20)(H,23,24)/t12-,13+/m1/s1. The Hall–Kier alpha value is -2.61. The molecule has 1 aromatic carbocycles. The van der Waals surface area contributed by atoms with E-state index in [0.29, 0.717) is 28.0 Å². The molecule has 138 valence electrons. The lowest BCUT2D eigenvalue weighted by Gasteiger charge is -2.18. The molecule has 0 saturated carbocycles. The van der Waals surface area contributed by atoms with Gasteiger partial charge in [0.15, 0.2) is 5.13 Å². The first kappa shape index (κ1) is 18.2. The lowest BCUT2D eigenvalue weighted by molar-refractivity contribution is -0.141. The Bertz CT molecular complexity index is 836. The number of aliphatic carboxylic acids is 1. The number of aryl methyl sites for hydroxylation is 1. The summed E-state index contributed by atoms with van der Waals surface area (Å²) in [6.07, 6.45) is 0. The molecule has 1 aliphatic heterocycles. The summed E-state index contributed by atoms with van der Waals surface area (Å²) in [6, 6.07) is 7.37. The van der Waals surface area contributed by atoms with Crippen LogP contribution in [0.15, 0.2) is 24.3 Å². The zero-order valence-electron chi connectivity index (χ0n) is 14.9. The normalized spacial score (nSPS) is 19.4. The van der Waals surface area contributed by atoms with E-state index in [0.717, 1.165) is 5.56 Å². The number of carboxylic acids is 1. The number of rotatable bonds is 5. The van der Waals surface area contributed by atoms with Gasteiger partial charge in [-0.05, 0) is 18.6 Å². The first-order valence-corrected chi connectivity index (χ1v) is 9.08. The largest absolute Gasteiger partial charge is 0.496 e. The molecule has 0 spiro atoms. The molecule has 1 fully saturated rings. The highest BCUT2D eigenvalue weighted by Crippen LogP contribution is 2.38. The fourth-order valence-corrected chi connectivity index (χ4v) is 4.24. The molecule has 2 atom stereocenters. The van der Waals surface area contributed by atoms with E-state index >= 15 is 0 Å². The number of nitrogens with one attached hydrogen (secondary N) is 1. The maximum Gasteiger partial charge on any atom is 0.308 e. The SMILES string of the molecule is CNc1nc(C)c(C(=O)N2C[C@H](C(=O)O)[C@@H](c3ccccc3OC)C2)s1. The Kier molecular flexibility index (Phi) is 5.13. The van der Waals surface area contributed by atoms with Gasteiger partial charge >= 0.3 is 5.97 Å². The number of aromatic nitrogens is 1. The summed E-state index contributed by atoms with van der Waals surface area (Å²) >= 11 is 1.28. The van der Waals surface area contributed by atoms with Crippen LogP contribution in [0.4, 0.5) is 5.13 Å². The summed E-state index contributed by atoms with van der Waals surface area (Å²) in [7, 11) is 3.31. The van der Waals surface area contributed by atoms with Gasteiger partial charge in [-0.25, -0.2) is 4.98 Å². The molecular weight excluding hydrogens is 354 g/mol. The minimum absolute atomic E-state index is 0.170. The number of thiazole rings is 1. The molecule has 26 heavy (non-hydrogen) atoms. The molecule has 0 unspecified atom stereocenters. The highest BCUT2D eigenvalue weighted by atomic mass is 32.1. The molecule has 2 aromatic rings. The number of para-hydroxylation sites is 1. The first-order valence-electron chi connectivity index (χ1n) is 8.26. The third-order valence-electron chi connectivity index (χ3n) is 4.67. The molecule has 1 saturated heterocycles. The topological polar surface area (TPSA) is 91.8 Å². The fourth-order valence-electron chi connectivity index (χ4n) is 3.35. The number of hydrogen-bond donors (Lipinski definition) is 2. The number of nitrogens with zero attached hydrogens (tertiary/aromatic N) is 2. The number of likely N-dealkylation sites (tertiary alicyclic amines) is 1. The third kappa shape index (κ3) is 3.24. The lowest BCUT2D eigenvalue weighted by Crippen LogP contribution is -2.29. The van der Waals surface area contributed by atoms with Crippen LogP contribution in [0.2, 0.25) is 0 Å². The Labute approximate surface area is 155 Å². The van der Waals surface area contributed by atoms with Crippen LogP contribution in [0.1, 0.15) is 26.8 Å². The second-order valence-electron chi connectivity index (χ2n) is 6.19. The maximum atomic E-state index is 12.9. The molecule has 0 bridgehead atoms. The maximum absolute atomic E-state index is 12.9. The molecule has 0 radical (unpaired) electrons. The fraction of sp³-hybridized carbons (Fsp3) is 0.389. The summed E-state index contributed by atoms with van der Waals surface area (Å²) in [5.74, 6) is -1.43. The minimum Gasteiger partial charge on any atom is -0.496 e.